The van der Waals surface area contributed by atoms with Crippen LogP contribution in [0.3, 0.4) is 0 Å². The first kappa shape index (κ1) is 17.9. The van der Waals surface area contributed by atoms with E-state index in [9.17, 15) is 9.59 Å². The number of amides is 1. The summed E-state index contributed by atoms with van der Waals surface area (Å²) in [5.41, 5.74) is 2.43. The SMILES string of the molecule is COc1ccccc1Nc1ccc(C(=O)Nc2ccc(C(=O)O)nc2)cc1. The van der Waals surface area contributed by atoms with Gasteiger partial charge in [0.05, 0.1) is 24.7 Å². The van der Waals surface area contributed by atoms with Crippen LogP contribution < -0.4 is 15.4 Å². The number of hydrogen-bond donors (Lipinski definition) is 3. The van der Waals surface area contributed by atoms with E-state index in [1.54, 1.807) is 31.4 Å². The van der Waals surface area contributed by atoms with E-state index >= 15 is 0 Å². The standard InChI is InChI=1S/C20H17N3O4/c1-27-18-5-3-2-4-16(18)22-14-8-6-13(7-9-14)19(24)23-15-10-11-17(20(25)26)21-12-15/h2-12,22H,1H3,(H,23,24)(H,25,26). The molecule has 7 heteroatoms. The average Bonchev–Trinajstić information content (AvgIpc) is 2.69. The van der Waals surface area contributed by atoms with Crippen LogP contribution in [0.5, 0.6) is 5.75 Å². The number of aromatic nitrogens is 1. The summed E-state index contributed by atoms with van der Waals surface area (Å²) in [5.74, 6) is -0.716. The van der Waals surface area contributed by atoms with Crippen molar-refractivity contribution >= 4 is 28.9 Å². The number of para-hydroxylation sites is 2. The van der Waals surface area contributed by atoms with Crippen LogP contribution in [0.4, 0.5) is 17.1 Å². The van der Waals surface area contributed by atoms with Crippen molar-refractivity contribution < 1.29 is 19.4 Å². The van der Waals surface area contributed by atoms with E-state index in [0.29, 0.717) is 11.3 Å². The number of carbonyl (C=O) groups excluding carboxylic acids is 1. The lowest BCUT2D eigenvalue weighted by atomic mass is 10.2. The van der Waals surface area contributed by atoms with E-state index in [1.807, 2.05) is 24.3 Å². The lowest BCUT2D eigenvalue weighted by molar-refractivity contribution is 0.0690. The molecule has 136 valence electrons. The molecular formula is C20H17N3O4. The topological polar surface area (TPSA) is 101 Å². The number of nitrogens with zero attached hydrogens (tertiary/aromatic N) is 1. The van der Waals surface area contributed by atoms with Gasteiger partial charge in [0.15, 0.2) is 0 Å². The maximum Gasteiger partial charge on any atom is 0.354 e. The van der Waals surface area contributed by atoms with Crippen LogP contribution in [0.2, 0.25) is 0 Å². The second-order valence-electron chi connectivity index (χ2n) is 5.59. The van der Waals surface area contributed by atoms with Crippen molar-refractivity contribution in [3.05, 3.63) is 78.1 Å². The van der Waals surface area contributed by atoms with E-state index in [4.69, 9.17) is 9.84 Å². The summed E-state index contributed by atoms with van der Waals surface area (Å²) >= 11 is 0. The van der Waals surface area contributed by atoms with Crippen LogP contribution in [0, 0.1) is 0 Å². The van der Waals surface area contributed by atoms with Gasteiger partial charge in [-0.2, -0.15) is 0 Å². The molecule has 0 aliphatic rings. The highest BCUT2D eigenvalue weighted by Crippen LogP contribution is 2.27. The number of aromatic carboxylic acids is 1. The molecular weight excluding hydrogens is 346 g/mol. The number of carbonyl (C=O) groups is 2. The molecule has 0 atom stereocenters. The molecule has 0 spiro atoms. The van der Waals surface area contributed by atoms with Crippen molar-refractivity contribution in [2.75, 3.05) is 17.7 Å². The lowest BCUT2D eigenvalue weighted by Gasteiger charge is -2.11. The average molecular weight is 363 g/mol. The number of benzene rings is 2. The second kappa shape index (κ2) is 8.01. The van der Waals surface area contributed by atoms with Crippen molar-refractivity contribution in [2.45, 2.75) is 0 Å². The van der Waals surface area contributed by atoms with Gasteiger partial charge in [-0.15, -0.1) is 0 Å². The number of anilines is 3. The van der Waals surface area contributed by atoms with Crippen molar-refractivity contribution in [2.24, 2.45) is 0 Å². The van der Waals surface area contributed by atoms with Gasteiger partial charge in [-0.1, -0.05) is 12.1 Å². The Kier molecular flexibility index (Phi) is 5.32. The Bertz CT molecular complexity index is 954. The first-order chi connectivity index (χ1) is 13.1. The number of rotatable bonds is 6. The maximum atomic E-state index is 12.3. The fourth-order valence-electron chi connectivity index (χ4n) is 2.41. The van der Waals surface area contributed by atoms with Gasteiger partial charge in [0, 0.05) is 11.3 Å². The third-order valence-electron chi connectivity index (χ3n) is 3.77. The fourth-order valence-corrected chi connectivity index (χ4v) is 2.41. The molecule has 27 heavy (non-hydrogen) atoms. The third kappa shape index (κ3) is 4.40. The minimum Gasteiger partial charge on any atom is -0.495 e. The Labute approximate surface area is 155 Å². The minimum absolute atomic E-state index is 0.0835. The van der Waals surface area contributed by atoms with Gasteiger partial charge in [-0.25, -0.2) is 9.78 Å². The smallest absolute Gasteiger partial charge is 0.354 e. The van der Waals surface area contributed by atoms with Crippen LogP contribution in [0.15, 0.2) is 66.9 Å². The van der Waals surface area contributed by atoms with Crippen molar-refractivity contribution in [1.82, 2.24) is 4.98 Å². The highest BCUT2D eigenvalue weighted by atomic mass is 16.5. The van der Waals surface area contributed by atoms with Gasteiger partial charge in [0.25, 0.3) is 5.91 Å². The monoisotopic (exact) mass is 363 g/mol. The fraction of sp³-hybridized carbons (Fsp3) is 0.0500. The Hall–Kier alpha value is -3.87. The number of hydrogen-bond acceptors (Lipinski definition) is 5. The van der Waals surface area contributed by atoms with Crippen LogP contribution in [0.1, 0.15) is 20.8 Å². The zero-order valence-corrected chi connectivity index (χ0v) is 14.5. The zero-order valence-electron chi connectivity index (χ0n) is 14.5. The summed E-state index contributed by atoms with van der Waals surface area (Å²) in [6, 6.07) is 17.3. The molecule has 3 rings (SSSR count). The summed E-state index contributed by atoms with van der Waals surface area (Å²) in [7, 11) is 1.60. The van der Waals surface area contributed by atoms with E-state index in [2.05, 4.69) is 15.6 Å². The van der Waals surface area contributed by atoms with Crippen molar-refractivity contribution in [3.63, 3.8) is 0 Å². The summed E-state index contributed by atoms with van der Waals surface area (Å²) in [4.78, 5) is 26.9. The predicted molar refractivity (Wildman–Crippen MR) is 102 cm³/mol. The molecule has 2 aromatic carbocycles. The van der Waals surface area contributed by atoms with Gasteiger partial charge in [-0.05, 0) is 48.5 Å². The van der Waals surface area contributed by atoms with Gasteiger partial charge in [0.2, 0.25) is 0 Å². The molecule has 0 bridgehead atoms. The summed E-state index contributed by atoms with van der Waals surface area (Å²) < 4.78 is 5.30. The lowest BCUT2D eigenvalue weighted by Crippen LogP contribution is -2.12. The third-order valence-corrected chi connectivity index (χ3v) is 3.77. The zero-order chi connectivity index (χ0) is 19.2. The minimum atomic E-state index is -1.12. The highest BCUT2D eigenvalue weighted by molar-refractivity contribution is 6.04. The number of nitrogens with one attached hydrogen (secondary N) is 2. The molecule has 0 radical (unpaired) electrons. The largest absolute Gasteiger partial charge is 0.495 e. The normalized spacial score (nSPS) is 10.1. The van der Waals surface area contributed by atoms with Gasteiger partial charge >= 0.3 is 5.97 Å². The summed E-state index contributed by atoms with van der Waals surface area (Å²) in [6.45, 7) is 0. The first-order valence-corrected chi connectivity index (χ1v) is 8.07. The van der Waals surface area contributed by atoms with Gasteiger partial charge in [0.1, 0.15) is 11.4 Å². The first-order valence-electron chi connectivity index (χ1n) is 8.07. The van der Waals surface area contributed by atoms with Crippen molar-refractivity contribution in [3.8, 4) is 5.75 Å². The molecule has 0 saturated carbocycles. The van der Waals surface area contributed by atoms with Gasteiger partial charge < -0.3 is 20.5 Å². The van der Waals surface area contributed by atoms with Crippen LogP contribution >= 0.6 is 0 Å². The molecule has 0 saturated heterocycles. The molecule has 1 amide bonds. The molecule has 0 aliphatic heterocycles. The molecule has 3 N–H and O–H groups in total. The van der Waals surface area contributed by atoms with Crippen molar-refractivity contribution in [1.29, 1.82) is 0 Å². The Morgan fingerprint density at radius 2 is 1.67 bits per heavy atom. The number of carboxylic acids is 1. The summed E-state index contributed by atoms with van der Waals surface area (Å²) in [6.07, 6.45) is 1.30. The van der Waals surface area contributed by atoms with Gasteiger partial charge in [-0.3, -0.25) is 4.79 Å². The maximum absolute atomic E-state index is 12.3. The Balaban J connectivity index is 1.67. The van der Waals surface area contributed by atoms with E-state index in [0.717, 1.165) is 17.1 Å². The Morgan fingerprint density at radius 3 is 2.30 bits per heavy atom. The summed E-state index contributed by atoms with van der Waals surface area (Å²) in [5, 5.41) is 14.7. The highest BCUT2D eigenvalue weighted by Gasteiger charge is 2.09. The molecule has 1 heterocycles. The molecule has 7 nitrogen and oxygen atoms in total. The van der Waals surface area contributed by atoms with E-state index < -0.39 is 5.97 Å². The molecule has 0 fully saturated rings. The van der Waals surface area contributed by atoms with Crippen LogP contribution in [-0.4, -0.2) is 29.1 Å². The second-order valence-corrected chi connectivity index (χ2v) is 5.59. The van der Waals surface area contributed by atoms with E-state index in [-0.39, 0.29) is 11.6 Å². The molecule has 0 unspecified atom stereocenters. The van der Waals surface area contributed by atoms with E-state index in [1.165, 1.54) is 18.3 Å². The van der Waals surface area contributed by atoms with Crippen LogP contribution in [-0.2, 0) is 0 Å². The number of methoxy groups -OCH3 is 1. The molecule has 0 aliphatic carbocycles. The number of carboxylic acid groups (broad SMARTS) is 1. The molecule has 3 aromatic rings. The predicted octanol–water partition coefficient (Wildman–Crippen LogP) is 3.78. The Morgan fingerprint density at radius 1 is 0.963 bits per heavy atom. The quantitative estimate of drug-likeness (QED) is 0.616. The van der Waals surface area contributed by atoms with Crippen LogP contribution in [0.25, 0.3) is 0 Å². The number of ether oxygens (including phenoxy) is 1. The number of pyridine rings is 1. The molecule has 1 aromatic heterocycles.